The number of methoxy groups -OCH3 is 2. The first-order valence-electron chi connectivity index (χ1n) is 11.3. The molecule has 174 valence electrons. The predicted octanol–water partition coefficient (Wildman–Crippen LogP) is 4.89. The van der Waals surface area contributed by atoms with Gasteiger partial charge in [-0.2, -0.15) is 0 Å². The molecule has 0 saturated carbocycles. The van der Waals surface area contributed by atoms with E-state index in [1.54, 1.807) is 14.2 Å². The third-order valence-electron chi connectivity index (χ3n) is 6.59. The minimum Gasteiger partial charge on any atom is -0.386 e. The number of aliphatic hydroxyl groups is 2. The van der Waals surface area contributed by atoms with Crippen LogP contribution in [0.1, 0.15) is 22.3 Å². The summed E-state index contributed by atoms with van der Waals surface area (Å²) in [6.07, 6.45) is -2.80. The first kappa shape index (κ1) is 23.9. The van der Waals surface area contributed by atoms with Crippen LogP contribution < -0.4 is 0 Å². The van der Waals surface area contributed by atoms with Gasteiger partial charge in [0.25, 0.3) is 0 Å². The standard InChI is InChI=1S/C30H30O4/c1-33-29(23-15-7-3-8-16-23,24-17-9-4-10-18-24)27(31)28(32)30(34-2,25-19-11-5-12-20-25)26-21-13-6-14-22-26/h3-22,27-28,31-32H,1-2H3/t27-,28-/m1/s1. The van der Waals surface area contributed by atoms with E-state index in [0.29, 0.717) is 0 Å². The summed E-state index contributed by atoms with van der Waals surface area (Å²) in [7, 11) is 3.10. The van der Waals surface area contributed by atoms with Gasteiger partial charge in [0.05, 0.1) is 0 Å². The predicted molar refractivity (Wildman–Crippen MR) is 133 cm³/mol. The molecule has 4 aromatic rings. The minimum absolute atomic E-state index is 0.723. The second kappa shape index (κ2) is 10.3. The molecule has 34 heavy (non-hydrogen) atoms. The number of benzene rings is 4. The Labute approximate surface area is 201 Å². The summed E-state index contributed by atoms with van der Waals surface area (Å²) >= 11 is 0. The molecule has 0 unspecified atom stereocenters. The van der Waals surface area contributed by atoms with E-state index in [1.807, 2.05) is 121 Å². The van der Waals surface area contributed by atoms with Crippen molar-refractivity contribution in [3.05, 3.63) is 144 Å². The summed E-state index contributed by atoms with van der Waals surface area (Å²) in [4.78, 5) is 0. The van der Waals surface area contributed by atoms with Crippen molar-refractivity contribution in [3.63, 3.8) is 0 Å². The van der Waals surface area contributed by atoms with Gasteiger partial charge >= 0.3 is 0 Å². The molecule has 0 radical (unpaired) electrons. The number of hydrogen-bond donors (Lipinski definition) is 2. The molecule has 0 aliphatic rings. The zero-order valence-corrected chi connectivity index (χ0v) is 19.4. The lowest BCUT2D eigenvalue weighted by atomic mass is 9.71. The van der Waals surface area contributed by atoms with E-state index in [9.17, 15) is 10.2 Å². The zero-order valence-electron chi connectivity index (χ0n) is 19.4. The van der Waals surface area contributed by atoms with Gasteiger partial charge in [-0.1, -0.05) is 121 Å². The van der Waals surface area contributed by atoms with E-state index in [4.69, 9.17) is 9.47 Å². The first-order valence-corrected chi connectivity index (χ1v) is 11.3. The Morgan fingerprint density at radius 1 is 0.441 bits per heavy atom. The molecule has 2 atom stereocenters. The molecule has 0 saturated heterocycles. The Kier molecular flexibility index (Phi) is 7.25. The Bertz CT molecular complexity index is 974. The molecule has 0 heterocycles. The summed E-state index contributed by atoms with van der Waals surface area (Å²) in [6, 6.07) is 37.9. The highest BCUT2D eigenvalue weighted by Crippen LogP contribution is 2.45. The summed E-state index contributed by atoms with van der Waals surface area (Å²) in [5.41, 5.74) is 0.190. The topological polar surface area (TPSA) is 58.9 Å². The molecule has 0 aromatic heterocycles. The van der Waals surface area contributed by atoms with Gasteiger partial charge in [-0.25, -0.2) is 0 Å². The summed E-state index contributed by atoms with van der Waals surface area (Å²) < 4.78 is 12.3. The normalized spacial score (nSPS) is 13.9. The van der Waals surface area contributed by atoms with Gasteiger partial charge in [0, 0.05) is 14.2 Å². The van der Waals surface area contributed by atoms with Gasteiger partial charge in [-0.15, -0.1) is 0 Å². The second-order valence-corrected chi connectivity index (χ2v) is 8.23. The van der Waals surface area contributed by atoms with Gasteiger partial charge in [0.15, 0.2) is 0 Å². The highest BCUT2D eigenvalue weighted by atomic mass is 16.5. The Morgan fingerprint density at radius 2 is 0.647 bits per heavy atom. The van der Waals surface area contributed by atoms with E-state index >= 15 is 0 Å². The van der Waals surface area contributed by atoms with Crippen LogP contribution in [0.4, 0.5) is 0 Å². The van der Waals surface area contributed by atoms with Crippen molar-refractivity contribution in [1.82, 2.24) is 0 Å². The second-order valence-electron chi connectivity index (χ2n) is 8.23. The number of ether oxygens (including phenoxy) is 2. The van der Waals surface area contributed by atoms with Crippen molar-refractivity contribution >= 4 is 0 Å². The summed E-state index contributed by atoms with van der Waals surface area (Å²) in [5.74, 6) is 0. The Morgan fingerprint density at radius 3 is 0.824 bits per heavy atom. The zero-order chi connectivity index (χ0) is 24.0. The van der Waals surface area contributed by atoms with Gasteiger partial charge < -0.3 is 19.7 Å². The van der Waals surface area contributed by atoms with Gasteiger partial charge in [-0.05, 0) is 22.3 Å². The molecule has 0 aliphatic carbocycles. The van der Waals surface area contributed by atoms with Crippen LogP contribution in [0.5, 0.6) is 0 Å². The van der Waals surface area contributed by atoms with Gasteiger partial charge in [-0.3, -0.25) is 0 Å². The quantitative estimate of drug-likeness (QED) is 0.378. The van der Waals surface area contributed by atoms with Crippen molar-refractivity contribution in [1.29, 1.82) is 0 Å². The van der Waals surface area contributed by atoms with E-state index in [-0.39, 0.29) is 0 Å². The van der Waals surface area contributed by atoms with Crippen molar-refractivity contribution < 1.29 is 19.7 Å². The number of aliphatic hydroxyl groups excluding tert-OH is 2. The molecular weight excluding hydrogens is 424 g/mol. The van der Waals surface area contributed by atoms with Crippen LogP contribution in [0.15, 0.2) is 121 Å². The number of hydrogen-bond acceptors (Lipinski definition) is 4. The SMILES string of the molecule is COC(c1ccccc1)(c1ccccc1)[C@H](O)[C@@H](O)C(OC)(c1ccccc1)c1ccccc1. The monoisotopic (exact) mass is 454 g/mol. The van der Waals surface area contributed by atoms with Gasteiger partial charge in [0.1, 0.15) is 23.4 Å². The molecule has 4 nitrogen and oxygen atoms in total. The third kappa shape index (κ3) is 3.95. The third-order valence-corrected chi connectivity index (χ3v) is 6.59. The molecule has 2 N–H and O–H groups in total. The Balaban J connectivity index is 1.95. The van der Waals surface area contributed by atoms with Crippen molar-refractivity contribution in [2.45, 2.75) is 23.4 Å². The Hall–Kier alpha value is -3.28. The summed E-state index contributed by atoms with van der Waals surface area (Å²) in [5, 5.41) is 24.1. The van der Waals surface area contributed by atoms with Crippen molar-refractivity contribution in [2.75, 3.05) is 14.2 Å². The van der Waals surface area contributed by atoms with Crippen molar-refractivity contribution in [3.8, 4) is 0 Å². The molecule has 4 heteroatoms. The molecule has 0 amide bonds. The lowest BCUT2D eigenvalue weighted by Crippen LogP contribution is -2.57. The molecular formula is C30H30O4. The van der Waals surface area contributed by atoms with Gasteiger partial charge in [0.2, 0.25) is 0 Å². The fourth-order valence-corrected chi connectivity index (χ4v) is 4.92. The summed E-state index contributed by atoms with van der Waals surface area (Å²) in [6.45, 7) is 0. The van der Waals surface area contributed by atoms with Crippen LogP contribution in [0.3, 0.4) is 0 Å². The molecule has 4 aromatic carbocycles. The van der Waals surface area contributed by atoms with E-state index in [0.717, 1.165) is 22.3 Å². The van der Waals surface area contributed by atoms with Crippen molar-refractivity contribution in [2.24, 2.45) is 0 Å². The van der Waals surface area contributed by atoms with Crippen LogP contribution in [0.2, 0.25) is 0 Å². The molecule has 0 spiro atoms. The first-order chi connectivity index (χ1) is 16.6. The lowest BCUT2D eigenvalue weighted by Gasteiger charge is -2.46. The van der Waals surface area contributed by atoms with Crippen LogP contribution >= 0.6 is 0 Å². The maximum atomic E-state index is 12.1. The van der Waals surface area contributed by atoms with Crippen LogP contribution in [0, 0.1) is 0 Å². The molecule has 0 fully saturated rings. The smallest absolute Gasteiger partial charge is 0.146 e. The maximum absolute atomic E-state index is 12.1. The molecule has 0 aliphatic heterocycles. The minimum atomic E-state index is -1.40. The van der Waals surface area contributed by atoms with Crippen LogP contribution in [-0.2, 0) is 20.7 Å². The molecule has 0 bridgehead atoms. The average Bonchev–Trinajstić information content (AvgIpc) is 2.92. The average molecular weight is 455 g/mol. The highest BCUT2D eigenvalue weighted by Gasteiger charge is 2.54. The van der Waals surface area contributed by atoms with E-state index in [1.165, 1.54) is 0 Å². The molecule has 4 rings (SSSR count). The van der Waals surface area contributed by atoms with Crippen LogP contribution in [-0.4, -0.2) is 36.6 Å². The van der Waals surface area contributed by atoms with E-state index in [2.05, 4.69) is 0 Å². The largest absolute Gasteiger partial charge is 0.386 e. The van der Waals surface area contributed by atoms with Crippen LogP contribution in [0.25, 0.3) is 0 Å². The highest BCUT2D eigenvalue weighted by molar-refractivity contribution is 5.43. The van der Waals surface area contributed by atoms with E-state index < -0.39 is 23.4 Å². The number of rotatable bonds is 9. The maximum Gasteiger partial charge on any atom is 0.146 e. The fraction of sp³-hybridized carbons (Fsp3) is 0.200. The fourth-order valence-electron chi connectivity index (χ4n) is 4.92. The lowest BCUT2D eigenvalue weighted by molar-refractivity contribution is -0.185.